The van der Waals surface area contributed by atoms with Gasteiger partial charge in [0.05, 0.1) is 13.2 Å². The van der Waals surface area contributed by atoms with Gasteiger partial charge in [0, 0.05) is 0 Å². The van der Waals surface area contributed by atoms with E-state index in [1.165, 1.54) is 0 Å². The Morgan fingerprint density at radius 3 is 2.76 bits per heavy atom. The van der Waals surface area contributed by atoms with E-state index in [1.807, 2.05) is 31.2 Å². The normalized spacial score (nSPS) is 40.5. The van der Waals surface area contributed by atoms with Crippen molar-refractivity contribution in [3.05, 3.63) is 35.4 Å². The molecule has 0 aliphatic carbocycles. The summed E-state index contributed by atoms with van der Waals surface area (Å²) in [6.07, 6.45) is -1.88. The number of aliphatic hydroxyl groups excluding tert-OH is 2. The lowest BCUT2D eigenvalue weighted by Gasteiger charge is -2.32. The smallest absolute Gasteiger partial charge is 0.150 e. The van der Waals surface area contributed by atoms with Gasteiger partial charge in [-0.3, -0.25) is 0 Å². The van der Waals surface area contributed by atoms with Gasteiger partial charge >= 0.3 is 0 Å². The molecule has 1 aromatic rings. The van der Waals surface area contributed by atoms with Crippen LogP contribution in [0.15, 0.2) is 24.3 Å². The minimum atomic E-state index is -0.898. The van der Waals surface area contributed by atoms with Gasteiger partial charge in [-0.2, -0.15) is 0 Å². The molecule has 0 aromatic heterocycles. The van der Waals surface area contributed by atoms with Crippen LogP contribution in [0.25, 0.3) is 0 Å². The van der Waals surface area contributed by atoms with Gasteiger partial charge in [0.2, 0.25) is 0 Å². The first-order valence-electron chi connectivity index (χ1n) is 5.84. The zero-order chi connectivity index (χ0) is 12.0. The van der Waals surface area contributed by atoms with Crippen molar-refractivity contribution in [1.82, 2.24) is 0 Å². The molecule has 4 heteroatoms. The molecule has 2 aliphatic heterocycles. The number of rotatable bonds is 1. The molecular formula is C13H16O4. The van der Waals surface area contributed by atoms with Crippen LogP contribution < -0.4 is 0 Å². The summed E-state index contributed by atoms with van der Waals surface area (Å²) < 4.78 is 11.2. The Labute approximate surface area is 99.8 Å². The predicted octanol–water partition coefficient (Wildman–Crippen LogP) is 0.341. The largest absolute Gasteiger partial charge is 0.388 e. The fourth-order valence-corrected chi connectivity index (χ4v) is 2.94. The Hall–Kier alpha value is -0.940. The second-order valence-electron chi connectivity index (χ2n) is 4.76. The maximum atomic E-state index is 10.2. The quantitative estimate of drug-likeness (QED) is 0.738. The van der Waals surface area contributed by atoms with Gasteiger partial charge < -0.3 is 19.7 Å². The first-order chi connectivity index (χ1) is 8.16. The average molecular weight is 236 g/mol. The third-order valence-corrected chi connectivity index (χ3v) is 3.76. The van der Waals surface area contributed by atoms with E-state index in [-0.39, 0.29) is 13.2 Å². The van der Waals surface area contributed by atoms with Crippen molar-refractivity contribution in [2.75, 3.05) is 13.2 Å². The molecule has 1 aromatic carbocycles. The Kier molecular flexibility index (Phi) is 2.48. The maximum absolute atomic E-state index is 10.2. The zero-order valence-corrected chi connectivity index (χ0v) is 9.67. The van der Waals surface area contributed by atoms with Crippen molar-refractivity contribution in [1.29, 1.82) is 0 Å². The minimum Gasteiger partial charge on any atom is -0.388 e. The fraction of sp³-hybridized carbons (Fsp3) is 0.538. The number of benzene rings is 1. The van der Waals surface area contributed by atoms with E-state index in [0.717, 1.165) is 11.1 Å². The Balaban J connectivity index is 2.13. The molecule has 0 saturated carbocycles. The molecule has 0 amide bonds. The van der Waals surface area contributed by atoms with Gasteiger partial charge in [0.25, 0.3) is 0 Å². The molecule has 4 atom stereocenters. The number of aliphatic hydroxyl groups is 2. The van der Waals surface area contributed by atoms with E-state index in [2.05, 4.69) is 0 Å². The average Bonchev–Trinajstić information content (AvgIpc) is 2.81. The van der Waals surface area contributed by atoms with Gasteiger partial charge in [-0.1, -0.05) is 24.3 Å². The van der Waals surface area contributed by atoms with Gasteiger partial charge in [-0.15, -0.1) is 0 Å². The van der Waals surface area contributed by atoms with Crippen LogP contribution in [0, 0.1) is 6.92 Å². The molecule has 0 unspecified atom stereocenters. The second kappa shape index (κ2) is 3.78. The molecule has 0 radical (unpaired) electrons. The summed E-state index contributed by atoms with van der Waals surface area (Å²) in [5, 5.41) is 20.1. The number of hydrogen-bond donors (Lipinski definition) is 2. The van der Waals surface area contributed by atoms with Crippen LogP contribution in [0.4, 0.5) is 0 Å². The molecule has 17 heavy (non-hydrogen) atoms. The third-order valence-electron chi connectivity index (χ3n) is 3.76. The van der Waals surface area contributed by atoms with Gasteiger partial charge in [-0.25, -0.2) is 0 Å². The maximum Gasteiger partial charge on any atom is 0.150 e. The summed E-state index contributed by atoms with van der Waals surface area (Å²) in [6.45, 7) is 2.38. The highest BCUT2D eigenvalue weighted by molar-refractivity contribution is 5.36. The topological polar surface area (TPSA) is 58.9 Å². The zero-order valence-electron chi connectivity index (χ0n) is 9.67. The van der Waals surface area contributed by atoms with Gasteiger partial charge in [-0.05, 0) is 18.1 Å². The van der Waals surface area contributed by atoms with Crippen LogP contribution in [0.3, 0.4) is 0 Å². The van der Waals surface area contributed by atoms with Crippen molar-refractivity contribution in [2.45, 2.75) is 30.8 Å². The number of aryl methyl sites for hydroxylation is 1. The molecule has 0 spiro atoms. The van der Waals surface area contributed by atoms with Crippen molar-refractivity contribution in [3.8, 4) is 0 Å². The molecule has 2 fully saturated rings. The number of ether oxygens (including phenoxy) is 2. The van der Waals surface area contributed by atoms with Gasteiger partial charge in [0.1, 0.15) is 18.3 Å². The van der Waals surface area contributed by atoms with Crippen molar-refractivity contribution < 1.29 is 19.7 Å². The first-order valence-corrected chi connectivity index (χ1v) is 5.84. The summed E-state index contributed by atoms with van der Waals surface area (Å²) in [4.78, 5) is 0. The summed E-state index contributed by atoms with van der Waals surface area (Å²) in [5.74, 6) is 0. The van der Waals surface area contributed by atoms with Crippen LogP contribution in [0.5, 0.6) is 0 Å². The standard InChI is InChI=1S/C13H16O4/c1-8-4-2-3-5-9(8)13-11(15)7-16-12(13)10(14)6-17-13/h2-5,10-12,14-15H,6-7H2,1H3/t10-,11+,12-,13-/m1/s1. The Morgan fingerprint density at radius 2 is 2.00 bits per heavy atom. The van der Waals surface area contributed by atoms with Crippen molar-refractivity contribution >= 4 is 0 Å². The SMILES string of the molecule is Cc1ccccc1[C@]12OC[C@@H](O)[C@H]1OC[C@@H]2O. The van der Waals surface area contributed by atoms with Gasteiger partial charge in [0.15, 0.2) is 5.60 Å². The second-order valence-corrected chi connectivity index (χ2v) is 4.76. The third kappa shape index (κ3) is 1.39. The number of fused-ring (bicyclic) bond motifs is 1. The predicted molar refractivity (Wildman–Crippen MR) is 60.6 cm³/mol. The fourth-order valence-electron chi connectivity index (χ4n) is 2.94. The molecular weight excluding hydrogens is 220 g/mol. The highest BCUT2D eigenvalue weighted by atomic mass is 16.6. The summed E-state index contributed by atoms with van der Waals surface area (Å²) in [6, 6.07) is 7.75. The van der Waals surface area contributed by atoms with Crippen LogP contribution >= 0.6 is 0 Å². The molecule has 2 aliphatic rings. The molecule has 2 N–H and O–H groups in total. The van der Waals surface area contributed by atoms with E-state index >= 15 is 0 Å². The monoisotopic (exact) mass is 236 g/mol. The molecule has 0 bridgehead atoms. The minimum absolute atomic E-state index is 0.204. The molecule has 2 heterocycles. The summed E-state index contributed by atoms with van der Waals surface area (Å²) in [5.41, 5.74) is 1.05. The lowest BCUT2D eigenvalue weighted by Crippen LogP contribution is -2.44. The highest BCUT2D eigenvalue weighted by Gasteiger charge is 2.60. The molecule has 2 saturated heterocycles. The lowest BCUT2D eigenvalue weighted by atomic mass is 9.82. The van der Waals surface area contributed by atoms with E-state index in [0.29, 0.717) is 0 Å². The van der Waals surface area contributed by atoms with E-state index in [4.69, 9.17) is 9.47 Å². The molecule has 4 nitrogen and oxygen atoms in total. The molecule has 3 rings (SSSR count). The van der Waals surface area contributed by atoms with Crippen molar-refractivity contribution in [3.63, 3.8) is 0 Å². The summed E-state index contributed by atoms with van der Waals surface area (Å²) in [7, 11) is 0. The summed E-state index contributed by atoms with van der Waals surface area (Å²) >= 11 is 0. The van der Waals surface area contributed by atoms with Crippen LogP contribution in [0.2, 0.25) is 0 Å². The van der Waals surface area contributed by atoms with E-state index in [1.54, 1.807) is 0 Å². The highest BCUT2D eigenvalue weighted by Crippen LogP contribution is 2.46. The van der Waals surface area contributed by atoms with Crippen LogP contribution in [-0.4, -0.2) is 41.7 Å². The Morgan fingerprint density at radius 1 is 1.24 bits per heavy atom. The first kappa shape index (κ1) is 11.2. The van der Waals surface area contributed by atoms with Crippen LogP contribution in [0.1, 0.15) is 11.1 Å². The van der Waals surface area contributed by atoms with Crippen LogP contribution in [-0.2, 0) is 15.1 Å². The Bertz CT molecular complexity index is 433. The number of hydrogen-bond acceptors (Lipinski definition) is 4. The van der Waals surface area contributed by atoms with E-state index < -0.39 is 23.9 Å². The van der Waals surface area contributed by atoms with E-state index in [9.17, 15) is 10.2 Å². The molecule has 92 valence electrons. The van der Waals surface area contributed by atoms with Crippen molar-refractivity contribution in [2.24, 2.45) is 0 Å². The lowest BCUT2D eigenvalue weighted by molar-refractivity contribution is -0.0822.